The van der Waals surface area contributed by atoms with Crippen LogP contribution < -0.4 is 15.4 Å². The number of alkyl halides is 2. The number of halogens is 3. The van der Waals surface area contributed by atoms with Crippen molar-refractivity contribution in [2.24, 2.45) is 4.99 Å². The Kier molecular flexibility index (Phi) is 10.0. The minimum absolute atomic E-state index is 0. The number of aliphatic imine (C=N–C) groups is 1. The van der Waals surface area contributed by atoms with Crippen LogP contribution in [0.1, 0.15) is 19.4 Å². The molecule has 0 saturated heterocycles. The van der Waals surface area contributed by atoms with E-state index in [0.717, 1.165) is 5.56 Å². The number of hydrogen-bond donors (Lipinski definition) is 2. The predicted molar refractivity (Wildman–Crippen MR) is 91.8 cm³/mol. The molecule has 21 heavy (non-hydrogen) atoms. The standard InChI is InChI=1S/C14H21F2N3O.HI/c1-10(2)19-14(17-3)18-8-11-5-4-6-12(7-11)20-9-13(15)16;/h4-7,10,13H,8-9H2,1-3H3,(H2,17,18,19);1H. The Balaban J connectivity index is 0.00000400. The van der Waals surface area contributed by atoms with Crippen molar-refractivity contribution in [1.82, 2.24) is 10.6 Å². The van der Waals surface area contributed by atoms with Gasteiger partial charge in [0.15, 0.2) is 5.96 Å². The molecule has 1 aromatic carbocycles. The molecule has 0 amide bonds. The maximum Gasteiger partial charge on any atom is 0.272 e. The Labute approximate surface area is 141 Å². The van der Waals surface area contributed by atoms with Crippen LogP contribution in [0.3, 0.4) is 0 Å². The molecular formula is C14H22F2IN3O. The van der Waals surface area contributed by atoms with Crippen molar-refractivity contribution < 1.29 is 13.5 Å². The minimum Gasteiger partial charge on any atom is -0.488 e. The molecule has 1 aromatic rings. The van der Waals surface area contributed by atoms with Crippen molar-refractivity contribution >= 4 is 29.9 Å². The van der Waals surface area contributed by atoms with Crippen LogP contribution in [0, 0.1) is 0 Å². The molecule has 0 unspecified atom stereocenters. The summed E-state index contributed by atoms with van der Waals surface area (Å²) in [5, 5.41) is 6.31. The summed E-state index contributed by atoms with van der Waals surface area (Å²) in [7, 11) is 1.69. The van der Waals surface area contributed by atoms with Crippen LogP contribution in [0.25, 0.3) is 0 Å². The van der Waals surface area contributed by atoms with Gasteiger partial charge in [-0.1, -0.05) is 12.1 Å². The van der Waals surface area contributed by atoms with E-state index < -0.39 is 13.0 Å². The summed E-state index contributed by atoms with van der Waals surface area (Å²) in [5.74, 6) is 1.13. The largest absolute Gasteiger partial charge is 0.488 e. The summed E-state index contributed by atoms with van der Waals surface area (Å²) in [6, 6.07) is 7.34. The van der Waals surface area contributed by atoms with E-state index in [9.17, 15) is 8.78 Å². The van der Waals surface area contributed by atoms with E-state index in [-0.39, 0.29) is 30.0 Å². The SMILES string of the molecule is CN=C(NCc1cccc(OCC(F)F)c1)NC(C)C.I. The molecule has 0 fully saturated rings. The van der Waals surface area contributed by atoms with Gasteiger partial charge < -0.3 is 15.4 Å². The maximum atomic E-state index is 12.1. The topological polar surface area (TPSA) is 45.7 Å². The van der Waals surface area contributed by atoms with E-state index in [1.807, 2.05) is 19.9 Å². The zero-order valence-electron chi connectivity index (χ0n) is 12.4. The molecule has 0 bridgehead atoms. The molecule has 1 rings (SSSR count). The lowest BCUT2D eigenvalue weighted by atomic mass is 10.2. The molecule has 7 heteroatoms. The number of ether oxygens (including phenoxy) is 1. The van der Waals surface area contributed by atoms with E-state index in [0.29, 0.717) is 18.3 Å². The van der Waals surface area contributed by atoms with E-state index in [1.165, 1.54) is 0 Å². The fourth-order valence-electron chi connectivity index (χ4n) is 1.56. The molecule has 0 aliphatic carbocycles. The summed E-state index contributed by atoms with van der Waals surface area (Å²) in [6.07, 6.45) is -2.47. The highest BCUT2D eigenvalue weighted by atomic mass is 127. The highest BCUT2D eigenvalue weighted by Crippen LogP contribution is 2.14. The van der Waals surface area contributed by atoms with Crippen molar-refractivity contribution in [1.29, 1.82) is 0 Å². The van der Waals surface area contributed by atoms with E-state index in [4.69, 9.17) is 4.74 Å². The fraction of sp³-hybridized carbons (Fsp3) is 0.500. The van der Waals surface area contributed by atoms with E-state index in [2.05, 4.69) is 15.6 Å². The van der Waals surface area contributed by atoms with Gasteiger partial charge in [-0.15, -0.1) is 24.0 Å². The second-order valence-corrected chi connectivity index (χ2v) is 4.57. The van der Waals surface area contributed by atoms with Gasteiger partial charge in [-0.05, 0) is 31.5 Å². The lowest BCUT2D eigenvalue weighted by molar-refractivity contribution is 0.0818. The van der Waals surface area contributed by atoms with Crippen LogP contribution in [-0.4, -0.2) is 32.1 Å². The summed E-state index contributed by atoms with van der Waals surface area (Å²) in [4.78, 5) is 4.09. The number of nitrogens with one attached hydrogen (secondary N) is 2. The number of benzene rings is 1. The third-order valence-corrected chi connectivity index (χ3v) is 2.38. The lowest BCUT2D eigenvalue weighted by Gasteiger charge is -2.14. The van der Waals surface area contributed by atoms with Crippen LogP contribution in [-0.2, 0) is 6.54 Å². The number of guanidine groups is 1. The molecule has 0 aromatic heterocycles. The predicted octanol–water partition coefficient (Wildman–Crippen LogP) is 3.02. The smallest absolute Gasteiger partial charge is 0.272 e. The van der Waals surface area contributed by atoms with Gasteiger partial charge in [0.05, 0.1) is 0 Å². The first-order valence-corrected chi connectivity index (χ1v) is 6.48. The van der Waals surface area contributed by atoms with Gasteiger partial charge in [0, 0.05) is 19.6 Å². The molecule has 0 heterocycles. The molecule has 4 nitrogen and oxygen atoms in total. The van der Waals surface area contributed by atoms with Crippen LogP contribution in [0.5, 0.6) is 5.75 Å². The Bertz CT molecular complexity index is 442. The Morgan fingerprint density at radius 3 is 2.62 bits per heavy atom. The second-order valence-electron chi connectivity index (χ2n) is 4.57. The highest BCUT2D eigenvalue weighted by Gasteiger charge is 2.05. The van der Waals surface area contributed by atoms with Gasteiger partial charge in [0.1, 0.15) is 12.4 Å². The zero-order chi connectivity index (χ0) is 15.0. The quantitative estimate of drug-likeness (QED) is 0.428. The van der Waals surface area contributed by atoms with Gasteiger partial charge >= 0.3 is 0 Å². The van der Waals surface area contributed by atoms with Crippen LogP contribution in [0.15, 0.2) is 29.3 Å². The molecule has 0 saturated carbocycles. The third-order valence-electron chi connectivity index (χ3n) is 2.38. The highest BCUT2D eigenvalue weighted by molar-refractivity contribution is 14.0. The first kappa shape index (κ1) is 19.9. The van der Waals surface area contributed by atoms with Crippen molar-refractivity contribution in [3.05, 3.63) is 29.8 Å². The molecule has 0 atom stereocenters. The molecule has 120 valence electrons. The Morgan fingerprint density at radius 1 is 1.33 bits per heavy atom. The van der Waals surface area contributed by atoms with Crippen LogP contribution in [0.4, 0.5) is 8.78 Å². The van der Waals surface area contributed by atoms with Crippen molar-refractivity contribution in [2.45, 2.75) is 32.9 Å². The lowest BCUT2D eigenvalue weighted by Crippen LogP contribution is -2.40. The van der Waals surface area contributed by atoms with Crippen molar-refractivity contribution in [3.8, 4) is 5.75 Å². The summed E-state index contributed by atoms with van der Waals surface area (Å²) in [5.41, 5.74) is 0.934. The number of nitrogens with zero attached hydrogens (tertiary/aromatic N) is 1. The van der Waals surface area contributed by atoms with Crippen LogP contribution in [0.2, 0.25) is 0 Å². The molecule has 2 N–H and O–H groups in total. The average molecular weight is 413 g/mol. The van der Waals surface area contributed by atoms with Gasteiger partial charge in [-0.2, -0.15) is 0 Å². The fourth-order valence-corrected chi connectivity index (χ4v) is 1.56. The van der Waals surface area contributed by atoms with Crippen molar-refractivity contribution in [3.63, 3.8) is 0 Å². The van der Waals surface area contributed by atoms with E-state index >= 15 is 0 Å². The number of hydrogen-bond acceptors (Lipinski definition) is 2. The summed E-state index contributed by atoms with van der Waals surface area (Å²) >= 11 is 0. The van der Waals surface area contributed by atoms with Gasteiger partial charge in [-0.25, -0.2) is 8.78 Å². The zero-order valence-corrected chi connectivity index (χ0v) is 14.7. The molecule has 0 aliphatic rings. The Hall–Kier alpha value is -1.12. The monoisotopic (exact) mass is 413 g/mol. The van der Waals surface area contributed by atoms with Crippen molar-refractivity contribution in [2.75, 3.05) is 13.7 Å². The maximum absolute atomic E-state index is 12.1. The third kappa shape index (κ3) is 8.69. The average Bonchev–Trinajstić information content (AvgIpc) is 2.41. The van der Waals surface area contributed by atoms with Gasteiger partial charge in [-0.3, -0.25) is 4.99 Å². The Morgan fingerprint density at radius 2 is 2.05 bits per heavy atom. The normalized spacial score (nSPS) is 11.3. The first-order valence-electron chi connectivity index (χ1n) is 6.48. The first-order chi connectivity index (χ1) is 9.51. The molecule has 0 radical (unpaired) electrons. The van der Waals surface area contributed by atoms with E-state index in [1.54, 1.807) is 25.2 Å². The summed E-state index contributed by atoms with van der Waals surface area (Å²) in [6.45, 7) is 3.99. The van der Waals surface area contributed by atoms with Crippen LogP contribution >= 0.6 is 24.0 Å². The molecular weight excluding hydrogens is 391 g/mol. The van der Waals surface area contributed by atoms with Gasteiger partial charge in [0.25, 0.3) is 6.43 Å². The minimum atomic E-state index is -2.47. The molecule has 0 spiro atoms. The second kappa shape index (κ2) is 10.6. The summed E-state index contributed by atoms with van der Waals surface area (Å²) < 4.78 is 29.1. The van der Waals surface area contributed by atoms with Gasteiger partial charge in [0.2, 0.25) is 0 Å². The number of rotatable bonds is 6. The molecule has 0 aliphatic heterocycles.